The van der Waals surface area contributed by atoms with E-state index in [4.69, 9.17) is 4.74 Å². The number of ether oxygens (including phenoxy) is 1. The molecule has 0 atom stereocenters. The summed E-state index contributed by atoms with van der Waals surface area (Å²) in [6.45, 7) is 6.22. The summed E-state index contributed by atoms with van der Waals surface area (Å²) in [4.78, 5) is 12.7. The standard InChI is InChI=1S/C15H21N5O2S/c1-15(2,3)20-12(10-7-23-8-11(10)17-20)16-13(21)9-6-19(4)18-14(9)22-5/h6H,7-8H2,1-5H3,(H,16,21). The van der Waals surface area contributed by atoms with Crippen LogP contribution in [-0.2, 0) is 24.1 Å². The second-order valence-electron chi connectivity index (χ2n) is 6.53. The third-order valence-electron chi connectivity index (χ3n) is 3.65. The molecule has 0 unspecified atom stereocenters. The Kier molecular flexibility index (Phi) is 3.87. The Morgan fingerprint density at radius 3 is 2.74 bits per heavy atom. The summed E-state index contributed by atoms with van der Waals surface area (Å²) < 4.78 is 8.64. The van der Waals surface area contributed by atoms with E-state index in [-0.39, 0.29) is 11.4 Å². The quantitative estimate of drug-likeness (QED) is 0.932. The second-order valence-corrected chi connectivity index (χ2v) is 7.51. The Morgan fingerprint density at radius 1 is 1.35 bits per heavy atom. The van der Waals surface area contributed by atoms with Crippen LogP contribution in [0.2, 0.25) is 0 Å². The number of fused-ring (bicyclic) bond motifs is 1. The van der Waals surface area contributed by atoms with Gasteiger partial charge in [0.05, 0.1) is 18.3 Å². The lowest BCUT2D eigenvalue weighted by molar-refractivity contribution is 0.102. The van der Waals surface area contributed by atoms with Gasteiger partial charge >= 0.3 is 0 Å². The van der Waals surface area contributed by atoms with Crippen molar-refractivity contribution in [3.05, 3.63) is 23.0 Å². The lowest BCUT2D eigenvalue weighted by Gasteiger charge is -2.23. The van der Waals surface area contributed by atoms with E-state index >= 15 is 0 Å². The van der Waals surface area contributed by atoms with Gasteiger partial charge in [0.15, 0.2) is 0 Å². The van der Waals surface area contributed by atoms with Gasteiger partial charge in [0.1, 0.15) is 11.4 Å². The fraction of sp³-hybridized carbons (Fsp3) is 0.533. The van der Waals surface area contributed by atoms with Crippen molar-refractivity contribution in [1.82, 2.24) is 19.6 Å². The number of nitrogens with zero attached hydrogens (tertiary/aromatic N) is 4. The first-order chi connectivity index (χ1) is 10.8. The molecule has 2 aromatic heterocycles. The molecular formula is C15H21N5O2S. The largest absolute Gasteiger partial charge is 0.479 e. The van der Waals surface area contributed by atoms with Crippen LogP contribution in [0, 0.1) is 0 Å². The Hall–Kier alpha value is -1.96. The predicted molar refractivity (Wildman–Crippen MR) is 89.9 cm³/mol. The molecule has 23 heavy (non-hydrogen) atoms. The number of hydrogen-bond donors (Lipinski definition) is 1. The summed E-state index contributed by atoms with van der Waals surface area (Å²) >= 11 is 1.81. The summed E-state index contributed by atoms with van der Waals surface area (Å²) in [5, 5.41) is 11.8. The van der Waals surface area contributed by atoms with Crippen LogP contribution in [0.3, 0.4) is 0 Å². The van der Waals surface area contributed by atoms with Gasteiger partial charge in [-0.25, -0.2) is 4.68 Å². The maximum atomic E-state index is 12.7. The molecule has 0 radical (unpaired) electrons. The van der Waals surface area contributed by atoms with Crippen LogP contribution >= 0.6 is 11.8 Å². The van der Waals surface area contributed by atoms with Crippen LogP contribution in [-0.4, -0.2) is 32.6 Å². The molecule has 0 saturated heterocycles. The lowest BCUT2D eigenvalue weighted by Crippen LogP contribution is -2.27. The van der Waals surface area contributed by atoms with Gasteiger partial charge in [0, 0.05) is 30.3 Å². The van der Waals surface area contributed by atoms with E-state index in [1.165, 1.54) is 7.11 Å². The monoisotopic (exact) mass is 335 g/mol. The molecule has 1 N–H and O–H groups in total. The molecule has 0 spiro atoms. The van der Waals surface area contributed by atoms with E-state index in [1.54, 1.807) is 17.9 Å². The van der Waals surface area contributed by atoms with Crippen LogP contribution in [0.5, 0.6) is 5.88 Å². The molecule has 0 saturated carbocycles. The minimum Gasteiger partial charge on any atom is -0.479 e. The summed E-state index contributed by atoms with van der Waals surface area (Å²) in [5.74, 6) is 2.61. The van der Waals surface area contributed by atoms with Crippen molar-refractivity contribution in [2.24, 2.45) is 7.05 Å². The molecule has 7 nitrogen and oxygen atoms in total. The Balaban J connectivity index is 1.98. The van der Waals surface area contributed by atoms with Gasteiger partial charge in [0.25, 0.3) is 5.91 Å². The lowest BCUT2D eigenvalue weighted by atomic mass is 10.1. The molecule has 0 aliphatic carbocycles. The zero-order valence-corrected chi connectivity index (χ0v) is 14.8. The summed E-state index contributed by atoms with van der Waals surface area (Å²) in [7, 11) is 3.26. The fourth-order valence-electron chi connectivity index (χ4n) is 2.58. The Morgan fingerprint density at radius 2 is 2.09 bits per heavy atom. The van der Waals surface area contributed by atoms with Gasteiger partial charge in [-0.2, -0.15) is 16.9 Å². The molecular weight excluding hydrogens is 314 g/mol. The summed E-state index contributed by atoms with van der Waals surface area (Å²) in [5.41, 5.74) is 2.37. The fourth-order valence-corrected chi connectivity index (χ4v) is 3.61. The SMILES string of the molecule is COc1nn(C)cc1C(=O)Nc1c2c(nn1C(C)(C)C)CSC2. The number of hydrogen-bond acceptors (Lipinski definition) is 5. The first-order valence-corrected chi connectivity index (χ1v) is 8.54. The number of nitrogens with one attached hydrogen (secondary N) is 1. The highest BCUT2D eigenvalue weighted by molar-refractivity contribution is 7.98. The number of anilines is 1. The second kappa shape index (κ2) is 5.59. The van der Waals surface area contributed by atoms with Crippen LogP contribution in [0.4, 0.5) is 5.82 Å². The molecule has 1 aliphatic rings. The molecule has 2 aromatic rings. The normalized spacial score (nSPS) is 14.0. The van der Waals surface area contributed by atoms with Crippen molar-refractivity contribution in [1.29, 1.82) is 0 Å². The molecule has 3 rings (SSSR count). The predicted octanol–water partition coefficient (Wildman–Crippen LogP) is 2.38. The number of methoxy groups -OCH3 is 1. The number of rotatable bonds is 3. The Labute approximate surface area is 139 Å². The zero-order valence-electron chi connectivity index (χ0n) is 14.0. The maximum absolute atomic E-state index is 12.7. The van der Waals surface area contributed by atoms with Crippen molar-refractivity contribution >= 4 is 23.5 Å². The molecule has 8 heteroatoms. The Bertz CT molecular complexity index is 757. The van der Waals surface area contributed by atoms with E-state index in [9.17, 15) is 4.79 Å². The van der Waals surface area contributed by atoms with Crippen molar-refractivity contribution in [3.8, 4) is 5.88 Å². The number of aromatic nitrogens is 4. The minimum atomic E-state index is -0.236. The highest BCUT2D eigenvalue weighted by atomic mass is 32.2. The van der Waals surface area contributed by atoms with Crippen LogP contribution in [0.25, 0.3) is 0 Å². The average Bonchev–Trinajstić information content (AvgIpc) is 3.12. The van der Waals surface area contributed by atoms with E-state index in [0.717, 1.165) is 28.6 Å². The summed E-state index contributed by atoms with van der Waals surface area (Å²) in [6, 6.07) is 0. The highest BCUT2D eigenvalue weighted by Gasteiger charge is 2.29. The van der Waals surface area contributed by atoms with Gasteiger partial charge in [-0.05, 0) is 20.8 Å². The molecule has 1 amide bonds. The molecule has 0 aromatic carbocycles. The van der Waals surface area contributed by atoms with E-state index < -0.39 is 0 Å². The third kappa shape index (κ3) is 2.83. The van der Waals surface area contributed by atoms with Crippen molar-refractivity contribution in [3.63, 3.8) is 0 Å². The van der Waals surface area contributed by atoms with Crippen LogP contribution in [0.15, 0.2) is 6.20 Å². The highest BCUT2D eigenvalue weighted by Crippen LogP contribution is 2.37. The van der Waals surface area contributed by atoms with E-state index in [1.807, 2.05) is 16.4 Å². The molecule has 1 aliphatic heterocycles. The van der Waals surface area contributed by atoms with Gasteiger partial charge in [0.2, 0.25) is 5.88 Å². The van der Waals surface area contributed by atoms with Crippen molar-refractivity contribution in [2.45, 2.75) is 37.8 Å². The number of amides is 1. The summed E-state index contributed by atoms with van der Waals surface area (Å²) in [6.07, 6.45) is 1.65. The zero-order chi connectivity index (χ0) is 16.8. The molecule has 124 valence electrons. The average molecular weight is 335 g/mol. The first kappa shape index (κ1) is 15.9. The van der Waals surface area contributed by atoms with Crippen molar-refractivity contribution in [2.75, 3.05) is 12.4 Å². The minimum absolute atomic E-state index is 0.212. The number of aryl methyl sites for hydroxylation is 1. The van der Waals surface area contributed by atoms with Crippen molar-refractivity contribution < 1.29 is 9.53 Å². The molecule has 3 heterocycles. The van der Waals surface area contributed by atoms with Gasteiger partial charge in [-0.3, -0.25) is 9.48 Å². The van der Waals surface area contributed by atoms with Gasteiger partial charge in [-0.15, -0.1) is 5.10 Å². The van der Waals surface area contributed by atoms with Crippen LogP contribution in [0.1, 0.15) is 42.4 Å². The first-order valence-electron chi connectivity index (χ1n) is 7.39. The maximum Gasteiger partial charge on any atom is 0.263 e. The number of thioether (sulfide) groups is 1. The number of carbonyl (C=O) groups excluding carboxylic acids is 1. The van der Waals surface area contributed by atoms with Crippen LogP contribution < -0.4 is 10.1 Å². The molecule has 0 fully saturated rings. The topological polar surface area (TPSA) is 74.0 Å². The van der Waals surface area contributed by atoms with E-state index in [0.29, 0.717) is 11.4 Å². The third-order valence-corrected chi connectivity index (χ3v) is 4.62. The smallest absolute Gasteiger partial charge is 0.263 e. The van der Waals surface area contributed by atoms with E-state index in [2.05, 4.69) is 36.3 Å². The molecule has 0 bridgehead atoms. The van der Waals surface area contributed by atoms with Gasteiger partial charge < -0.3 is 10.1 Å². The number of carbonyl (C=O) groups is 1. The van der Waals surface area contributed by atoms with Gasteiger partial charge in [-0.1, -0.05) is 0 Å².